The van der Waals surface area contributed by atoms with Crippen LogP contribution in [0.1, 0.15) is 10.4 Å². The summed E-state index contributed by atoms with van der Waals surface area (Å²) < 4.78 is 0. The van der Waals surface area contributed by atoms with Gasteiger partial charge in [0.15, 0.2) is 5.65 Å². The SMILES string of the molecule is O=C(Nc1cccc(Cl)c1)c1cnc2nccnc2c1. The molecule has 0 aliphatic heterocycles. The lowest BCUT2D eigenvalue weighted by Gasteiger charge is -2.05. The van der Waals surface area contributed by atoms with Crippen LogP contribution in [0.4, 0.5) is 5.69 Å². The van der Waals surface area contributed by atoms with Gasteiger partial charge in [0, 0.05) is 29.3 Å². The monoisotopic (exact) mass is 284 g/mol. The maximum absolute atomic E-state index is 12.1. The average Bonchev–Trinajstić information content (AvgIpc) is 2.47. The van der Waals surface area contributed by atoms with E-state index >= 15 is 0 Å². The lowest BCUT2D eigenvalue weighted by atomic mass is 10.2. The van der Waals surface area contributed by atoms with Gasteiger partial charge in [-0.3, -0.25) is 9.78 Å². The number of fused-ring (bicyclic) bond motifs is 1. The smallest absolute Gasteiger partial charge is 0.257 e. The normalized spacial score (nSPS) is 10.4. The van der Waals surface area contributed by atoms with Crippen LogP contribution in [0.5, 0.6) is 0 Å². The molecule has 1 N–H and O–H groups in total. The van der Waals surface area contributed by atoms with Gasteiger partial charge in [-0.1, -0.05) is 17.7 Å². The Labute approximate surface area is 119 Å². The summed E-state index contributed by atoms with van der Waals surface area (Å²) in [6.07, 6.45) is 4.58. The Morgan fingerprint density at radius 1 is 1.10 bits per heavy atom. The van der Waals surface area contributed by atoms with Crippen molar-refractivity contribution in [1.82, 2.24) is 15.0 Å². The first-order chi connectivity index (χ1) is 9.72. The second kappa shape index (κ2) is 5.22. The third-order valence-electron chi connectivity index (χ3n) is 2.67. The van der Waals surface area contributed by atoms with Crippen molar-refractivity contribution in [2.75, 3.05) is 5.32 Å². The highest BCUT2D eigenvalue weighted by atomic mass is 35.5. The first-order valence-corrected chi connectivity index (χ1v) is 6.24. The van der Waals surface area contributed by atoms with Gasteiger partial charge < -0.3 is 5.32 Å². The molecule has 3 aromatic rings. The zero-order valence-electron chi connectivity index (χ0n) is 10.2. The molecule has 5 nitrogen and oxygen atoms in total. The van der Waals surface area contributed by atoms with Gasteiger partial charge in [-0.2, -0.15) is 0 Å². The molecule has 0 aliphatic rings. The van der Waals surface area contributed by atoms with Crippen LogP contribution < -0.4 is 5.32 Å². The fraction of sp³-hybridized carbons (Fsp3) is 0. The molecule has 0 saturated carbocycles. The second-order valence-corrected chi connectivity index (χ2v) is 4.52. The molecule has 2 aromatic heterocycles. The average molecular weight is 285 g/mol. The van der Waals surface area contributed by atoms with Crippen molar-refractivity contribution in [3.05, 3.63) is 59.5 Å². The van der Waals surface area contributed by atoms with Crippen LogP contribution in [0.15, 0.2) is 48.9 Å². The van der Waals surface area contributed by atoms with E-state index in [-0.39, 0.29) is 5.91 Å². The first kappa shape index (κ1) is 12.5. The quantitative estimate of drug-likeness (QED) is 0.785. The van der Waals surface area contributed by atoms with Crippen LogP contribution >= 0.6 is 11.6 Å². The molecular formula is C14H9ClN4O. The molecule has 0 radical (unpaired) electrons. The predicted octanol–water partition coefficient (Wildman–Crippen LogP) is 2.93. The summed E-state index contributed by atoms with van der Waals surface area (Å²) in [4.78, 5) is 24.4. The van der Waals surface area contributed by atoms with E-state index in [0.29, 0.717) is 27.4 Å². The molecule has 0 bridgehead atoms. The van der Waals surface area contributed by atoms with E-state index in [2.05, 4.69) is 20.3 Å². The number of nitrogens with one attached hydrogen (secondary N) is 1. The molecule has 0 unspecified atom stereocenters. The Bertz CT molecular complexity index is 791. The highest BCUT2D eigenvalue weighted by molar-refractivity contribution is 6.31. The summed E-state index contributed by atoms with van der Waals surface area (Å²) in [5.41, 5.74) is 2.12. The van der Waals surface area contributed by atoms with Gasteiger partial charge in [0.1, 0.15) is 5.52 Å². The van der Waals surface area contributed by atoms with Crippen LogP contribution in [0.2, 0.25) is 5.02 Å². The van der Waals surface area contributed by atoms with E-state index in [1.807, 2.05) is 0 Å². The lowest BCUT2D eigenvalue weighted by Crippen LogP contribution is -2.12. The van der Waals surface area contributed by atoms with Gasteiger partial charge in [0.05, 0.1) is 5.56 Å². The molecule has 1 amide bonds. The Hall–Kier alpha value is -2.53. The van der Waals surface area contributed by atoms with E-state index in [9.17, 15) is 4.79 Å². The van der Waals surface area contributed by atoms with Crippen LogP contribution in [0.3, 0.4) is 0 Å². The minimum absolute atomic E-state index is 0.271. The molecule has 2 heterocycles. The fourth-order valence-corrected chi connectivity index (χ4v) is 1.94. The van der Waals surface area contributed by atoms with Crippen molar-refractivity contribution in [1.29, 1.82) is 0 Å². The number of halogens is 1. The zero-order valence-corrected chi connectivity index (χ0v) is 11.0. The summed E-state index contributed by atoms with van der Waals surface area (Å²) in [7, 11) is 0. The van der Waals surface area contributed by atoms with Crippen LogP contribution in [-0.2, 0) is 0 Å². The minimum atomic E-state index is -0.271. The molecule has 0 saturated heterocycles. The van der Waals surface area contributed by atoms with Crippen molar-refractivity contribution in [3.8, 4) is 0 Å². The third-order valence-corrected chi connectivity index (χ3v) is 2.90. The molecule has 6 heteroatoms. The lowest BCUT2D eigenvalue weighted by molar-refractivity contribution is 0.102. The molecule has 98 valence electrons. The van der Waals surface area contributed by atoms with E-state index in [0.717, 1.165) is 0 Å². The number of amides is 1. The summed E-state index contributed by atoms with van der Waals surface area (Å²) in [6.45, 7) is 0. The molecule has 0 aliphatic carbocycles. The second-order valence-electron chi connectivity index (χ2n) is 4.09. The van der Waals surface area contributed by atoms with Gasteiger partial charge >= 0.3 is 0 Å². The van der Waals surface area contributed by atoms with E-state index in [4.69, 9.17) is 11.6 Å². The maximum atomic E-state index is 12.1. The summed E-state index contributed by atoms with van der Waals surface area (Å²) in [5, 5.41) is 3.31. The molecule has 1 aromatic carbocycles. The number of nitrogens with zero attached hydrogens (tertiary/aromatic N) is 3. The van der Waals surface area contributed by atoms with Crippen LogP contribution in [0, 0.1) is 0 Å². The number of aromatic nitrogens is 3. The highest BCUT2D eigenvalue weighted by Gasteiger charge is 2.08. The number of anilines is 1. The molecule has 3 rings (SSSR count). The van der Waals surface area contributed by atoms with Gasteiger partial charge in [0.25, 0.3) is 5.91 Å². The summed E-state index contributed by atoms with van der Waals surface area (Å²) >= 11 is 5.87. The van der Waals surface area contributed by atoms with Gasteiger partial charge in [0.2, 0.25) is 0 Å². The van der Waals surface area contributed by atoms with Crippen molar-refractivity contribution < 1.29 is 4.79 Å². The van der Waals surface area contributed by atoms with Gasteiger partial charge in [-0.25, -0.2) is 9.97 Å². The van der Waals surface area contributed by atoms with Crippen LogP contribution in [-0.4, -0.2) is 20.9 Å². The molecule has 0 fully saturated rings. The van der Waals surface area contributed by atoms with E-state index in [1.165, 1.54) is 6.20 Å². The predicted molar refractivity (Wildman–Crippen MR) is 76.7 cm³/mol. The first-order valence-electron chi connectivity index (χ1n) is 5.86. The number of carbonyl (C=O) groups excluding carboxylic acids is 1. The highest BCUT2D eigenvalue weighted by Crippen LogP contribution is 2.16. The third kappa shape index (κ3) is 2.57. The number of carbonyl (C=O) groups is 1. The molecule has 0 spiro atoms. The van der Waals surface area contributed by atoms with E-state index in [1.54, 1.807) is 42.7 Å². The Balaban J connectivity index is 1.88. The number of benzene rings is 1. The zero-order chi connectivity index (χ0) is 13.9. The standard InChI is InChI=1S/C14H9ClN4O/c15-10-2-1-3-11(7-10)19-14(20)9-6-12-13(18-8-9)17-5-4-16-12/h1-8H,(H,19,20). The molecule has 0 atom stereocenters. The summed E-state index contributed by atoms with van der Waals surface area (Å²) in [5.74, 6) is -0.271. The molecule has 20 heavy (non-hydrogen) atoms. The van der Waals surface area contributed by atoms with Gasteiger partial charge in [-0.15, -0.1) is 0 Å². The van der Waals surface area contributed by atoms with Crippen molar-refractivity contribution in [2.45, 2.75) is 0 Å². The Morgan fingerprint density at radius 3 is 2.80 bits per heavy atom. The Kier molecular flexibility index (Phi) is 3.26. The largest absolute Gasteiger partial charge is 0.322 e. The van der Waals surface area contributed by atoms with Crippen LogP contribution in [0.25, 0.3) is 11.2 Å². The van der Waals surface area contributed by atoms with E-state index < -0.39 is 0 Å². The van der Waals surface area contributed by atoms with Crippen molar-refractivity contribution >= 4 is 34.4 Å². The maximum Gasteiger partial charge on any atom is 0.257 e. The summed E-state index contributed by atoms with van der Waals surface area (Å²) in [6, 6.07) is 8.59. The Morgan fingerprint density at radius 2 is 1.95 bits per heavy atom. The number of hydrogen-bond donors (Lipinski definition) is 1. The van der Waals surface area contributed by atoms with Crippen molar-refractivity contribution in [2.24, 2.45) is 0 Å². The number of hydrogen-bond acceptors (Lipinski definition) is 4. The molecular weight excluding hydrogens is 276 g/mol. The minimum Gasteiger partial charge on any atom is -0.322 e. The fourth-order valence-electron chi connectivity index (χ4n) is 1.75. The van der Waals surface area contributed by atoms with Gasteiger partial charge in [-0.05, 0) is 24.3 Å². The number of rotatable bonds is 2. The van der Waals surface area contributed by atoms with Crippen molar-refractivity contribution in [3.63, 3.8) is 0 Å². The number of pyridine rings is 1. The topological polar surface area (TPSA) is 67.8 Å².